The van der Waals surface area contributed by atoms with Crippen LogP contribution in [-0.2, 0) is 11.3 Å². The van der Waals surface area contributed by atoms with Gasteiger partial charge in [0.15, 0.2) is 0 Å². The van der Waals surface area contributed by atoms with Crippen LogP contribution in [0, 0.1) is 5.92 Å². The van der Waals surface area contributed by atoms with Crippen LogP contribution < -0.4 is 10.6 Å². The first-order valence-corrected chi connectivity index (χ1v) is 8.13. The number of aliphatic hydroxyl groups is 1. The summed E-state index contributed by atoms with van der Waals surface area (Å²) in [6.07, 6.45) is 3.97. The predicted molar refractivity (Wildman–Crippen MR) is 82.9 cm³/mol. The number of carbonyl (C=O) groups is 1. The highest BCUT2D eigenvalue weighted by Crippen LogP contribution is 2.31. The topological polar surface area (TPSA) is 61.4 Å². The molecule has 2 rings (SSSR count). The van der Waals surface area contributed by atoms with Gasteiger partial charge in [-0.15, -0.1) is 11.3 Å². The lowest BCUT2D eigenvalue weighted by Crippen LogP contribution is -2.43. The minimum absolute atomic E-state index is 0.0513. The Morgan fingerprint density at radius 3 is 2.85 bits per heavy atom. The molecule has 1 fully saturated rings. The summed E-state index contributed by atoms with van der Waals surface area (Å²) in [6.45, 7) is 5.07. The molecular weight excluding hydrogens is 272 g/mol. The van der Waals surface area contributed by atoms with E-state index in [1.807, 2.05) is 11.4 Å². The molecule has 1 amide bonds. The molecule has 1 aliphatic carbocycles. The van der Waals surface area contributed by atoms with Crippen LogP contribution in [0.4, 0.5) is 5.69 Å². The van der Waals surface area contributed by atoms with Crippen molar-refractivity contribution in [3.05, 3.63) is 16.3 Å². The summed E-state index contributed by atoms with van der Waals surface area (Å²) in [6, 6.07) is 1.92. The lowest BCUT2D eigenvalue weighted by Gasteiger charge is -2.35. The first kappa shape index (κ1) is 15.5. The standard InChI is InChI=1S/C15H24N2O2S/c1-11-3-6-15(19,7-4-11)10-16-9-14-13(5-8-20-14)17-12(2)18/h5,8,11,16,19H,3-4,6-7,9-10H2,1-2H3,(H,17,18). The largest absolute Gasteiger partial charge is 0.389 e. The average Bonchev–Trinajstić information content (AvgIpc) is 2.80. The Morgan fingerprint density at radius 1 is 1.50 bits per heavy atom. The van der Waals surface area contributed by atoms with Gasteiger partial charge < -0.3 is 15.7 Å². The van der Waals surface area contributed by atoms with Gasteiger partial charge in [-0.25, -0.2) is 0 Å². The fourth-order valence-electron chi connectivity index (χ4n) is 2.66. The van der Waals surface area contributed by atoms with Crippen LogP contribution in [0.5, 0.6) is 0 Å². The zero-order valence-corrected chi connectivity index (χ0v) is 13.1. The maximum absolute atomic E-state index is 11.1. The number of hydrogen-bond acceptors (Lipinski definition) is 4. The number of hydrogen-bond donors (Lipinski definition) is 3. The van der Waals surface area contributed by atoms with Crippen LogP contribution in [-0.4, -0.2) is 23.2 Å². The van der Waals surface area contributed by atoms with Crippen LogP contribution in [0.2, 0.25) is 0 Å². The summed E-state index contributed by atoms with van der Waals surface area (Å²) < 4.78 is 0. The number of anilines is 1. The second-order valence-electron chi connectivity index (χ2n) is 5.95. The molecule has 0 bridgehead atoms. The third kappa shape index (κ3) is 4.30. The van der Waals surface area contributed by atoms with Crippen molar-refractivity contribution in [2.75, 3.05) is 11.9 Å². The smallest absolute Gasteiger partial charge is 0.221 e. The van der Waals surface area contributed by atoms with E-state index in [1.54, 1.807) is 11.3 Å². The Kier molecular flexibility index (Phi) is 5.18. The minimum Gasteiger partial charge on any atom is -0.389 e. The molecule has 1 heterocycles. The van der Waals surface area contributed by atoms with E-state index in [0.29, 0.717) is 13.1 Å². The Morgan fingerprint density at radius 2 is 2.20 bits per heavy atom. The molecule has 1 aliphatic rings. The van der Waals surface area contributed by atoms with Crippen molar-refractivity contribution in [2.24, 2.45) is 5.92 Å². The van der Waals surface area contributed by atoms with Gasteiger partial charge in [0.05, 0.1) is 11.3 Å². The first-order valence-electron chi connectivity index (χ1n) is 7.25. The normalized spacial score (nSPS) is 26.4. The summed E-state index contributed by atoms with van der Waals surface area (Å²) in [5.74, 6) is 0.684. The van der Waals surface area contributed by atoms with Gasteiger partial charge in [0.1, 0.15) is 0 Å². The molecule has 0 unspecified atom stereocenters. The van der Waals surface area contributed by atoms with Gasteiger partial charge in [0.25, 0.3) is 0 Å². The molecule has 1 saturated carbocycles. The molecule has 1 aromatic rings. The van der Waals surface area contributed by atoms with Crippen molar-refractivity contribution >= 4 is 22.9 Å². The van der Waals surface area contributed by atoms with E-state index < -0.39 is 5.60 Å². The number of carbonyl (C=O) groups excluding carboxylic acids is 1. The van der Waals surface area contributed by atoms with Crippen molar-refractivity contribution in [1.29, 1.82) is 0 Å². The monoisotopic (exact) mass is 296 g/mol. The molecule has 0 spiro atoms. The minimum atomic E-state index is -0.558. The molecule has 112 valence electrons. The number of amides is 1. The number of nitrogens with one attached hydrogen (secondary N) is 2. The lowest BCUT2D eigenvalue weighted by molar-refractivity contribution is -0.114. The zero-order valence-electron chi connectivity index (χ0n) is 12.2. The van der Waals surface area contributed by atoms with Gasteiger partial charge in [0.2, 0.25) is 5.91 Å². The number of rotatable bonds is 5. The predicted octanol–water partition coefficient (Wildman–Crippen LogP) is 2.74. The Bertz CT molecular complexity index is 450. The van der Waals surface area contributed by atoms with Crippen molar-refractivity contribution < 1.29 is 9.90 Å². The molecule has 20 heavy (non-hydrogen) atoms. The van der Waals surface area contributed by atoms with Crippen molar-refractivity contribution in [3.63, 3.8) is 0 Å². The first-order chi connectivity index (χ1) is 9.48. The average molecular weight is 296 g/mol. The van der Waals surface area contributed by atoms with Gasteiger partial charge >= 0.3 is 0 Å². The summed E-state index contributed by atoms with van der Waals surface area (Å²) in [5.41, 5.74) is 0.317. The molecule has 0 radical (unpaired) electrons. The van der Waals surface area contributed by atoms with E-state index in [9.17, 15) is 9.90 Å². The van der Waals surface area contributed by atoms with E-state index in [2.05, 4.69) is 17.6 Å². The van der Waals surface area contributed by atoms with Crippen molar-refractivity contribution in [1.82, 2.24) is 5.32 Å². The highest BCUT2D eigenvalue weighted by atomic mass is 32.1. The van der Waals surface area contributed by atoms with E-state index in [-0.39, 0.29) is 5.91 Å². The van der Waals surface area contributed by atoms with Gasteiger partial charge in [-0.3, -0.25) is 4.79 Å². The van der Waals surface area contributed by atoms with Crippen LogP contribution >= 0.6 is 11.3 Å². The molecular formula is C15H24N2O2S. The quantitative estimate of drug-likeness (QED) is 0.783. The van der Waals surface area contributed by atoms with Crippen LogP contribution in [0.1, 0.15) is 44.4 Å². The van der Waals surface area contributed by atoms with E-state index in [4.69, 9.17) is 0 Å². The molecule has 1 aromatic heterocycles. The molecule has 0 atom stereocenters. The maximum Gasteiger partial charge on any atom is 0.221 e. The van der Waals surface area contributed by atoms with Crippen LogP contribution in [0.25, 0.3) is 0 Å². The van der Waals surface area contributed by atoms with Gasteiger partial charge in [-0.05, 0) is 43.0 Å². The second kappa shape index (κ2) is 6.70. The Hall–Kier alpha value is -0.910. The van der Waals surface area contributed by atoms with Crippen LogP contribution in [0.3, 0.4) is 0 Å². The SMILES string of the molecule is CC(=O)Nc1ccsc1CNCC1(O)CCC(C)CC1. The van der Waals surface area contributed by atoms with Gasteiger partial charge in [-0.2, -0.15) is 0 Å². The summed E-state index contributed by atoms with van der Waals surface area (Å²) >= 11 is 1.62. The van der Waals surface area contributed by atoms with E-state index >= 15 is 0 Å². The molecule has 0 aliphatic heterocycles. The summed E-state index contributed by atoms with van der Waals surface area (Å²) in [5, 5.41) is 18.6. The van der Waals surface area contributed by atoms with E-state index in [1.165, 1.54) is 6.92 Å². The van der Waals surface area contributed by atoms with Crippen LogP contribution in [0.15, 0.2) is 11.4 Å². The van der Waals surface area contributed by atoms with Crippen molar-refractivity contribution in [2.45, 2.75) is 51.7 Å². The molecule has 3 N–H and O–H groups in total. The summed E-state index contributed by atoms with van der Waals surface area (Å²) in [7, 11) is 0. The zero-order chi connectivity index (χ0) is 14.6. The lowest BCUT2D eigenvalue weighted by atomic mass is 9.79. The van der Waals surface area contributed by atoms with Gasteiger partial charge in [0, 0.05) is 24.9 Å². The third-order valence-electron chi connectivity index (χ3n) is 4.00. The summed E-state index contributed by atoms with van der Waals surface area (Å²) in [4.78, 5) is 12.2. The molecule has 0 aromatic carbocycles. The molecule has 0 saturated heterocycles. The fraction of sp³-hybridized carbons (Fsp3) is 0.667. The highest BCUT2D eigenvalue weighted by molar-refractivity contribution is 7.10. The Balaban J connectivity index is 1.81. The van der Waals surface area contributed by atoms with Crippen molar-refractivity contribution in [3.8, 4) is 0 Å². The molecule has 4 nitrogen and oxygen atoms in total. The maximum atomic E-state index is 11.1. The third-order valence-corrected chi connectivity index (χ3v) is 4.92. The second-order valence-corrected chi connectivity index (χ2v) is 6.95. The van der Waals surface area contributed by atoms with Gasteiger partial charge in [-0.1, -0.05) is 6.92 Å². The fourth-order valence-corrected chi connectivity index (χ4v) is 3.46. The molecule has 5 heteroatoms. The highest BCUT2D eigenvalue weighted by Gasteiger charge is 2.31. The number of thiophene rings is 1. The van der Waals surface area contributed by atoms with E-state index in [0.717, 1.165) is 42.2 Å². The Labute approximate surface area is 124 Å².